The summed E-state index contributed by atoms with van der Waals surface area (Å²) >= 11 is 0. The van der Waals surface area contributed by atoms with Crippen LogP contribution in [0.4, 0.5) is 0 Å². The van der Waals surface area contributed by atoms with E-state index in [0.29, 0.717) is 6.04 Å². The van der Waals surface area contributed by atoms with Crippen LogP contribution < -0.4 is 0 Å². The number of carbonyl (C=O) groups excluding carboxylic acids is 1. The van der Waals surface area contributed by atoms with Crippen molar-refractivity contribution in [1.29, 1.82) is 0 Å². The first kappa shape index (κ1) is 10.3. The van der Waals surface area contributed by atoms with Gasteiger partial charge in [-0.1, -0.05) is 6.08 Å². The lowest BCUT2D eigenvalue weighted by Crippen LogP contribution is -2.33. The summed E-state index contributed by atoms with van der Waals surface area (Å²) < 4.78 is 0. The molecule has 1 atom stereocenters. The van der Waals surface area contributed by atoms with Gasteiger partial charge in [0.25, 0.3) is 0 Å². The maximum absolute atomic E-state index is 11.4. The zero-order valence-corrected chi connectivity index (χ0v) is 8.66. The van der Waals surface area contributed by atoms with Crippen LogP contribution >= 0.6 is 0 Å². The number of rotatable bonds is 2. The number of hydrogen-bond acceptors (Lipinski definition) is 2. The molecule has 1 fully saturated rings. The normalized spacial score (nSPS) is 23.4. The summed E-state index contributed by atoms with van der Waals surface area (Å²) in [5.41, 5.74) is 0. The molecule has 3 heteroatoms. The molecule has 0 aromatic heterocycles. The van der Waals surface area contributed by atoms with Gasteiger partial charge in [0.15, 0.2) is 0 Å². The van der Waals surface area contributed by atoms with Crippen LogP contribution in [0.5, 0.6) is 0 Å². The fraction of sp³-hybridized carbons (Fsp3) is 0.700. The second-order valence-corrected chi connectivity index (χ2v) is 3.69. The van der Waals surface area contributed by atoms with Crippen LogP contribution in [0.1, 0.15) is 13.3 Å². The summed E-state index contributed by atoms with van der Waals surface area (Å²) in [5, 5.41) is 0. The molecule has 3 nitrogen and oxygen atoms in total. The zero-order valence-electron chi connectivity index (χ0n) is 8.66. The maximum Gasteiger partial charge on any atom is 0.246 e. The molecule has 0 radical (unpaired) electrons. The highest BCUT2D eigenvalue weighted by atomic mass is 16.2. The number of hydrogen-bond donors (Lipinski definition) is 0. The smallest absolute Gasteiger partial charge is 0.246 e. The number of allylic oxidation sites excluding steroid dienone is 1. The Morgan fingerprint density at radius 1 is 1.54 bits per heavy atom. The highest BCUT2D eigenvalue weighted by Crippen LogP contribution is 2.13. The molecular weight excluding hydrogens is 164 g/mol. The fourth-order valence-corrected chi connectivity index (χ4v) is 1.61. The van der Waals surface area contributed by atoms with Gasteiger partial charge in [0.1, 0.15) is 0 Å². The Hall–Kier alpha value is -0.830. The maximum atomic E-state index is 11.4. The van der Waals surface area contributed by atoms with Crippen molar-refractivity contribution >= 4 is 5.91 Å². The molecule has 0 aliphatic carbocycles. The van der Waals surface area contributed by atoms with Crippen molar-refractivity contribution in [2.45, 2.75) is 19.4 Å². The van der Waals surface area contributed by atoms with Gasteiger partial charge in [-0.25, -0.2) is 0 Å². The molecule has 1 amide bonds. The molecule has 1 unspecified atom stereocenters. The quantitative estimate of drug-likeness (QED) is 0.588. The molecule has 1 aliphatic heterocycles. The summed E-state index contributed by atoms with van der Waals surface area (Å²) in [4.78, 5) is 15.5. The van der Waals surface area contributed by atoms with Crippen molar-refractivity contribution in [3.63, 3.8) is 0 Å². The van der Waals surface area contributed by atoms with Gasteiger partial charge < -0.3 is 9.80 Å². The van der Waals surface area contributed by atoms with E-state index in [-0.39, 0.29) is 5.91 Å². The van der Waals surface area contributed by atoms with Crippen LogP contribution in [-0.2, 0) is 4.79 Å². The van der Waals surface area contributed by atoms with Gasteiger partial charge in [0, 0.05) is 19.1 Å². The van der Waals surface area contributed by atoms with Crippen LogP contribution in [0.25, 0.3) is 0 Å². The standard InChI is InChI=1S/C10H18N2O/c1-4-5-10(13)12-7-6-9(8-12)11(2)3/h4-5,9H,6-8H2,1-3H3/b5-4+. The van der Waals surface area contributed by atoms with Gasteiger partial charge in [0.05, 0.1) is 0 Å². The average Bonchev–Trinajstić information content (AvgIpc) is 2.52. The van der Waals surface area contributed by atoms with Crippen molar-refractivity contribution in [3.8, 4) is 0 Å². The van der Waals surface area contributed by atoms with Crippen LogP contribution in [0, 0.1) is 0 Å². The van der Waals surface area contributed by atoms with Gasteiger partial charge in [-0.05, 0) is 33.5 Å². The van der Waals surface area contributed by atoms with Crippen molar-refractivity contribution in [3.05, 3.63) is 12.2 Å². The lowest BCUT2D eigenvalue weighted by atomic mass is 10.2. The second-order valence-electron chi connectivity index (χ2n) is 3.69. The Balaban J connectivity index is 2.45. The SMILES string of the molecule is C/C=C/C(=O)N1CCC(N(C)C)C1. The molecule has 0 spiro atoms. The third-order valence-corrected chi connectivity index (χ3v) is 2.51. The summed E-state index contributed by atoms with van der Waals surface area (Å²) in [6, 6.07) is 0.536. The van der Waals surface area contributed by atoms with Crippen molar-refractivity contribution in [1.82, 2.24) is 9.80 Å². The third-order valence-electron chi connectivity index (χ3n) is 2.51. The van der Waals surface area contributed by atoms with Crippen LogP contribution in [0.2, 0.25) is 0 Å². The van der Waals surface area contributed by atoms with Gasteiger partial charge in [0.2, 0.25) is 5.91 Å². The molecule has 1 saturated heterocycles. The average molecular weight is 182 g/mol. The molecular formula is C10H18N2O. The number of likely N-dealkylation sites (tertiary alicyclic amines) is 1. The number of carbonyl (C=O) groups is 1. The Labute approximate surface area is 80.0 Å². The summed E-state index contributed by atoms with van der Waals surface area (Å²) in [5.74, 6) is 0.145. The van der Waals surface area contributed by atoms with E-state index < -0.39 is 0 Å². The highest BCUT2D eigenvalue weighted by Gasteiger charge is 2.25. The van der Waals surface area contributed by atoms with Gasteiger partial charge in [-0.3, -0.25) is 4.79 Å². The third kappa shape index (κ3) is 2.56. The number of amides is 1. The van der Waals surface area contributed by atoms with Crippen LogP contribution in [-0.4, -0.2) is 48.9 Å². The van der Waals surface area contributed by atoms with E-state index in [0.717, 1.165) is 19.5 Å². The summed E-state index contributed by atoms with van der Waals surface area (Å²) in [7, 11) is 4.13. The Morgan fingerprint density at radius 3 is 2.69 bits per heavy atom. The largest absolute Gasteiger partial charge is 0.338 e. The minimum absolute atomic E-state index is 0.145. The van der Waals surface area contributed by atoms with E-state index in [1.165, 1.54) is 0 Å². The molecule has 0 aromatic carbocycles. The van der Waals surface area contributed by atoms with E-state index in [9.17, 15) is 4.79 Å². The Kier molecular flexibility index (Phi) is 3.48. The molecule has 0 N–H and O–H groups in total. The molecule has 13 heavy (non-hydrogen) atoms. The van der Waals surface area contributed by atoms with Crippen molar-refractivity contribution in [2.24, 2.45) is 0 Å². The molecule has 1 aliphatic rings. The van der Waals surface area contributed by atoms with Gasteiger partial charge >= 0.3 is 0 Å². The van der Waals surface area contributed by atoms with E-state index in [2.05, 4.69) is 19.0 Å². The molecule has 0 saturated carbocycles. The molecule has 1 rings (SSSR count). The molecule has 0 bridgehead atoms. The van der Waals surface area contributed by atoms with Crippen LogP contribution in [0.3, 0.4) is 0 Å². The van der Waals surface area contributed by atoms with E-state index in [1.807, 2.05) is 11.8 Å². The van der Waals surface area contributed by atoms with Gasteiger partial charge in [-0.15, -0.1) is 0 Å². The Morgan fingerprint density at radius 2 is 2.23 bits per heavy atom. The zero-order chi connectivity index (χ0) is 9.84. The fourth-order valence-electron chi connectivity index (χ4n) is 1.61. The molecule has 1 heterocycles. The summed E-state index contributed by atoms with van der Waals surface area (Å²) in [6.45, 7) is 3.64. The number of likely N-dealkylation sites (N-methyl/N-ethyl adjacent to an activating group) is 1. The highest BCUT2D eigenvalue weighted by molar-refractivity contribution is 5.87. The lowest BCUT2D eigenvalue weighted by molar-refractivity contribution is -0.125. The van der Waals surface area contributed by atoms with Crippen molar-refractivity contribution in [2.75, 3.05) is 27.2 Å². The molecule has 0 aromatic rings. The monoisotopic (exact) mass is 182 g/mol. The molecule has 74 valence electrons. The minimum Gasteiger partial charge on any atom is -0.338 e. The van der Waals surface area contributed by atoms with Gasteiger partial charge in [-0.2, -0.15) is 0 Å². The predicted molar refractivity (Wildman–Crippen MR) is 53.5 cm³/mol. The number of nitrogens with zero attached hydrogens (tertiary/aromatic N) is 2. The topological polar surface area (TPSA) is 23.6 Å². The van der Waals surface area contributed by atoms with Crippen molar-refractivity contribution < 1.29 is 4.79 Å². The van der Waals surface area contributed by atoms with E-state index >= 15 is 0 Å². The lowest BCUT2D eigenvalue weighted by Gasteiger charge is -2.19. The van der Waals surface area contributed by atoms with Crippen LogP contribution in [0.15, 0.2) is 12.2 Å². The second kappa shape index (κ2) is 4.42. The summed E-state index contributed by atoms with van der Waals surface area (Å²) in [6.07, 6.45) is 4.53. The Bertz CT molecular complexity index is 211. The first-order valence-corrected chi connectivity index (χ1v) is 4.73. The predicted octanol–water partition coefficient (Wildman–Crippen LogP) is 0.725. The minimum atomic E-state index is 0.145. The first-order valence-electron chi connectivity index (χ1n) is 4.73. The van der Waals surface area contributed by atoms with E-state index in [1.54, 1.807) is 12.2 Å². The first-order chi connectivity index (χ1) is 6.15. The van der Waals surface area contributed by atoms with E-state index in [4.69, 9.17) is 0 Å².